The van der Waals surface area contributed by atoms with Crippen molar-refractivity contribution in [2.24, 2.45) is 4.40 Å². The Hall–Kier alpha value is -2.64. The van der Waals surface area contributed by atoms with Crippen molar-refractivity contribution in [3.05, 3.63) is 82.4 Å². The molecule has 0 radical (unpaired) electrons. The average Bonchev–Trinajstić information content (AvgIpc) is 2.70. The van der Waals surface area contributed by atoms with E-state index in [0.29, 0.717) is 12.2 Å². The van der Waals surface area contributed by atoms with Crippen molar-refractivity contribution in [1.82, 2.24) is 4.72 Å². The lowest BCUT2D eigenvalue weighted by Crippen LogP contribution is -2.31. The molecule has 0 amide bonds. The van der Waals surface area contributed by atoms with E-state index < -0.39 is 53.2 Å². The van der Waals surface area contributed by atoms with Crippen LogP contribution < -0.4 is 4.72 Å². The SMILES string of the molecule is O=C1C=C(NS(=O)(=O)c2ccccc2)/C(=N\S(=O)[O-])C=C1S(=O)(=O)c1ccc(Cl)cc1. The molecule has 0 bridgehead atoms. The maximum Gasteiger partial charge on any atom is 0.261 e. The first-order valence-electron chi connectivity index (χ1n) is 8.25. The molecule has 2 aromatic carbocycles. The number of ketones is 1. The molecule has 1 aliphatic carbocycles. The summed E-state index contributed by atoms with van der Waals surface area (Å²) in [6.45, 7) is 0. The van der Waals surface area contributed by atoms with Crippen molar-refractivity contribution in [3.63, 3.8) is 0 Å². The molecule has 0 aromatic heterocycles. The van der Waals surface area contributed by atoms with E-state index >= 15 is 0 Å². The van der Waals surface area contributed by atoms with Crippen LogP contribution in [-0.2, 0) is 35.9 Å². The number of rotatable bonds is 6. The number of sulfone groups is 1. The summed E-state index contributed by atoms with van der Waals surface area (Å²) in [6, 6.07) is 12.0. The topological polar surface area (TPSA) is 150 Å². The van der Waals surface area contributed by atoms with Crippen molar-refractivity contribution in [1.29, 1.82) is 0 Å². The zero-order chi connectivity index (χ0) is 22.8. The van der Waals surface area contributed by atoms with E-state index in [2.05, 4.69) is 9.12 Å². The van der Waals surface area contributed by atoms with Gasteiger partial charge in [0.1, 0.15) is 4.91 Å². The van der Waals surface area contributed by atoms with Crippen molar-refractivity contribution in [3.8, 4) is 0 Å². The van der Waals surface area contributed by atoms with Crippen molar-refractivity contribution in [2.45, 2.75) is 9.79 Å². The molecule has 2 aromatic rings. The number of benzene rings is 2. The normalized spacial score (nSPS) is 17.1. The average molecular weight is 500 g/mol. The summed E-state index contributed by atoms with van der Waals surface area (Å²) in [6.07, 6.45) is 1.36. The minimum absolute atomic E-state index is 0.158. The second-order valence-corrected chi connectivity index (χ2v) is 10.7. The Balaban J connectivity index is 2.05. The number of nitrogens with zero attached hydrogens (tertiary/aromatic N) is 1. The highest BCUT2D eigenvalue weighted by Gasteiger charge is 2.32. The van der Waals surface area contributed by atoms with Crippen LogP contribution in [0.3, 0.4) is 0 Å². The predicted molar refractivity (Wildman–Crippen MR) is 113 cm³/mol. The fraction of sp³-hybridized carbons (Fsp3) is 0. The number of sulfonamides is 1. The highest BCUT2D eigenvalue weighted by atomic mass is 35.5. The monoisotopic (exact) mass is 499 g/mol. The number of carbonyl (C=O) groups excluding carboxylic acids is 1. The molecule has 162 valence electrons. The van der Waals surface area contributed by atoms with Crippen molar-refractivity contribution >= 4 is 54.2 Å². The zero-order valence-electron chi connectivity index (χ0n) is 15.3. The van der Waals surface area contributed by atoms with Crippen LogP contribution in [0.25, 0.3) is 0 Å². The molecular formula is C18H12ClN2O7S3-. The molecule has 1 aliphatic rings. The quantitative estimate of drug-likeness (QED) is 0.469. The number of carbonyl (C=O) groups is 1. The number of hydrogen-bond donors (Lipinski definition) is 1. The van der Waals surface area contributed by atoms with Gasteiger partial charge in [0.25, 0.3) is 10.0 Å². The summed E-state index contributed by atoms with van der Waals surface area (Å²) in [5.41, 5.74) is -1.06. The van der Waals surface area contributed by atoms with E-state index in [1.807, 2.05) is 0 Å². The van der Waals surface area contributed by atoms with E-state index in [-0.39, 0.29) is 14.8 Å². The van der Waals surface area contributed by atoms with E-state index in [9.17, 15) is 30.4 Å². The summed E-state index contributed by atoms with van der Waals surface area (Å²) in [7, 11) is -8.57. The highest BCUT2D eigenvalue weighted by molar-refractivity contribution is 7.96. The Labute approximate surface area is 185 Å². The molecule has 31 heavy (non-hydrogen) atoms. The number of nitrogens with one attached hydrogen (secondary N) is 1. The molecule has 0 fully saturated rings. The molecule has 0 saturated carbocycles. The predicted octanol–water partition coefficient (Wildman–Crippen LogP) is 1.68. The Kier molecular flexibility index (Phi) is 6.57. The van der Waals surface area contributed by atoms with Gasteiger partial charge in [0.15, 0.2) is 5.78 Å². The van der Waals surface area contributed by atoms with Gasteiger partial charge in [-0.05, 0) is 42.5 Å². The van der Waals surface area contributed by atoms with E-state index in [1.165, 1.54) is 48.5 Å². The van der Waals surface area contributed by atoms with Crippen LogP contribution >= 0.6 is 11.6 Å². The van der Waals surface area contributed by atoms with Crippen molar-refractivity contribution in [2.75, 3.05) is 0 Å². The van der Waals surface area contributed by atoms with Gasteiger partial charge in [-0.2, -0.15) is 4.40 Å². The lowest BCUT2D eigenvalue weighted by molar-refractivity contribution is -0.110. The first-order valence-corrected chi connectivity index (χ1v) is 12.6. The standard InChI is InChI=1S/C18H13ClN2O7S3/c19-12-6-8-13(9-7-12)30(25,26)18-11-15(20-29(23)24)16(10-17(18)22)21-31(27,28)14-4-2-1-3-5-14/h1-11,21H,(H,23,24)/p-1/b20-15-. The van der Waals surface area contributed by atoms with Crippen molar-refractivity contribution < 1.29 is 30.4 Å². The third kappa shape index (κ3) is 5.17. The zero-order valence-corrected chi connectivity index (χ0v) is 18.5. The van der Waals surface area contributed by atoms with E-state index in [4.69, 9.17) is 11.6 Å². The van der Waals surface area contributed by atoms with Gasteiger partial charge in [0.05, 0.1) is 32.5 Å². The van der Waals surface area contributed by atoms with Crippen LogP contribution in [0.4, 0.5) is 0 Å². The van der Waals surface area contributed by atoms with Crippen LogP contribution in [0.2, 0.25) is 5.02 Å². The Bertz CT molecular complexity index is 1360. The Morgan fingerprint density at radius 1 is 0.903 bits per heavy atom. The molecule has 9 nitrogen and oxygen atoms in total. The summed E-state index contributed by atoms with van der Waals surface area (Å²) in [5.74, 6) is -1.06. The molecule has 13 heteroatoms. The maximum atomic E-state index is 12.8. The fourth-order valence-electron chi connectivity index (χ4n) is 2.54. The molecular weight excluding hydrogens is 488 g/mol. The van der Waals surface area contributed by atoms with Crippen LogP contribution in [0.5, 0.6) is 0 Å². The number of allylic oxidation sites excluding steroid dienone is 3. The van der Waals surface area contributed by atoms with Gasteiger partial charge in [0, 0.05) is 11.1 Å². The Morgan fingerprint density at radius 3 is 2.10 bits per heavy atom. The molecule has 1 N–H and O–H groups in total. The molecule has 3 rings (SSSR count). The number of halogens is 1. The summed E-state index contributed by atoms with van der Waals surface area (Å²) < 4.78 is 78.3. The molecule has 1 atom stereocenters. The fourth-order valence-corrected chi connectivity index (χ4v) is 5.40. The summed E-state index contributed by atoms with van der Waals surface area (Å²) in [5, 5.41) is 0.268. The Morgan fingerprint density at radius 2 is 1.52 bits per heavy atom. The van der Waals surface area contributed by atoms with Gasteiger partial charge in [-0.3, -0.25) is 13.7 Å². The lowest BCUT2D eigenvalue weighted by atomic mass is 10.1. The third-order valence-corrected chi connectivity index (χ3v) is 7.72. The molecule has 0 heterocycles. The van der Waals surface area contributed by atoms with Crippen LogP contribution in [0, 0.1) is 0 Å². The van der Waals surface area contributed by atoms with Gasteiger partial charge < -0.3 is 4.55 Å². The van der Waals surface area contributed by atoms with Crippen LogP contribution in [-0.4, -0.2) is 37.1 Å². The molecule has 1 unspecified atom stereocenters. The minimum atomic E-state index is -4.37. The molecule has 0 aliphatic heterocycles. The first kappa shape index (κ1) is 23.0. The largest absolute Gasteiger partial charge is 0.754 e. The van der Waals surface area contributed by atoms with Gasteiger partial charge in [0.2, 0.25) is 9.84 Å². The highest BCUT2D eigenvalue weighted by Crippen LogP contribution is 2.26. The van der Waals surface area contributed by atoms with Gasteiger partial charge in [-0.15, -0.1) is 0 Å². The van der Waals surface area contributed by atoms with Crippen LogP contribution in [0.15, 0.2) is 91.5 Å². The van der Waals surface area contributed by atoms with E-state index in [0.717, 1.165) is 0 Å². The van der Waals surface area contributed by atoms with Gasteiger partial charge in [-0.1, -0.05) is 29.8 Å². The minimum Gasteiger partial charge on any atom is -0.754 e. The van der Waals surface area contributed by atoms with Gasteiger partial charge in [-0.25, -0.2) is 16.8 Å². The second-order valence-electron chi connectivity index (χ2n) is 6.00. The lowest BCUT2D eigenvalue weighted by Gasteiger charge is -2.18. The maximum absolute atomic E-state index is 12.8. The van der Waals surface area contributed by atoms with Crippen LogP contribution in [0.1, 0.15) is 0 Å². The summed E-state index contributed by atoms with van der Waals surface area (Å²) in [4.78, 5) is 11.4. The number of hydrogen-bond acceptors (Lipinski definition) is 7. The van der Waals surface area contributed by atoms with Gasteiger partial charge >= 0.3 is 0 Å². The first-order chi connectivity index (χ1) is 14.5. The van der Waals surface area contributed by atoms with E-state index in [1.54, 1.807) is 6.07 Å². The smallest absolute Gasteiger partial charge is 0.261 e. The summed E-state index contributed by atoms with van der Waals surface area (Å²) >= 11 is 2.69. The molecule has 0 saturated heterocycles. The molecule has 0 spiro atoms. The third-order valence-electron chi connectivity index (χ3n) is 3.95. The second kappa shape index (κ2) is 8.85.